The van der Waals surface area contributed by atoms with E-state index in [2.05, 4.69) is 26.3 Å². The summed E-state index contributed by atoms with van der Waals surface area (Å²) in [4.78, 5) is 37.9. The van der Waals surface area contributed by atoms with E-state index >= 15 is 0 Å². The van der Waals surface area contributed by atoms with Gasteiger partial charge in [-0.15, -0.1) is 0 Å². The number of aromatic nitrogens is 2. The van der Waals surface area contributed by atoms with E-state index < -0.39 is 35.2 Å². The molecule has 4 aliphatic carbocycles. The van der Waals surface area contributed by atoms with E-state index in [1.165, 1.54) is 12.8 Å². The number of piperidine rings is 1. The maximum Gasteiger partial charge on any atom is 0.434 e. The molecule has 262 valence electrons. The summed E-state index contributed by atoms with van der Waals surface area (Å²) in [5.41, 5.74) is -0.812. The average molecular weight is 682 g/mol. The van der Waals surface area contributed by atoms with Crippen LogP contribution in [-0.2, 0) is 21.1 Å². The van der Waals surface area contributed by atoms with E-state index in [4.69, 9.17) is 9.47 Å². The molecule has 7 aliphatic rings. The van der Waals surface area contributed by atoms with Crippen LogP contribution in [0.4, 0.5) is 24.8 Å². The van der Waals surface area contributed by atoms with Crippen LogP contribution in [-0.4, -0.2) is 82.9 Å². The minimum Gasteiger partial charge on any atom is -0.490 e. The van der Waals surface area contributed by atoms with Crippen LogP contribution in [0.2, 0.25) is 0 Å². The van der Waals surface area contributed by atoms with Gasteiger partial charge in [0.05, 0.1) is 11.5 Å². The lowest BCUT2D eigenvalue weighted by atomic mass is 9.41. The standard InChI is InChI=1S/C36H42F3N5O5/c37-36(38,39)30-26(31(45)41-29-15-22-14-21-13-20(32(46)47)17-35(21,22)29)18-40-33(42-30)44-19-34(7-11-48-12-8-34)27-16-25(3-4-28(27)44)49-24-5-9-43(10-6-24)23-1-2-23/h3-4,16,18,20-24,29H,1-2,5-15,17,19H2,(H,41,45)(H,46,47). The van der Waals surface area contributed by atoms with Gasteiger partial charge in [-0.2, -0.15) is 13.2 Å². The van der Waals surface area contributed by atoms with Crippen LogP contribution in [0.5, 0.6) is 5.75 Å². The van der Waals surface area contributed by atoms with Crippen molar-refractivity contribution in [2.45, 2.75) is 94.0 Å². The molecule has 9 rings (SSSR count). The SMILES string of the molecule is O=C(NC1CC2CC3CC(C(=O)O)CC321)c1cnc(N2CC3(CCOCC3)c3cc(OC4CCN(C5CC5)CC4)ccc32)nc1C(F)(F)F. The van der Waals surface area contributed by atoms with Crippen LogP contribution in [0.25, 0.3) is 0 Å². The topological polar surface area (TPSA) is 117 Å². The van der Waals surface area contributed by atoms with Gasteiger partial charge in [0.2, 0.25) is 5.95 Å². The molecule has 5 atom stereocenters. The summed E-state index contributed by atoms with van der Waals surface area (Å²) in [7, 11) is 0. The molecule has 0 radical (unpaired) electrons. The van der Waals surface area contributed by atoms with Gasteiger partial charge in [0.25, 0.3) is 5.91 Å². The van der Waals surface area contributed by atoms with Gasteiger partial charge in [0.1, 0.15) is 11.9 Å². The number of ether oxygens (including phenoxy) is 2. The molecule has 5 unspecified atom stereocenters. The number of carboxylic acids is 1. The van der Waals surface area contributed by atoms with Crippen LogP contribution < -0.4 is 15.0 Å². The number of carbonyl (C=O) groups is 2. The molecule has 6 fully saturated rings. The number of anilines is 2. The molecule has 2 spiro atoms. The van der Waals surface area contributed by atoms with E-state index in [1.54, 1.807) is 4.90 Å². The Morgan fingerprint density at radius 2 is 1.80 bits per heavy atom. The number of alkyl halides is 3. The van der Waals surface area contributed by atoms with Gasteiger partial charge in [-0.1, -0.05) is 0 Å². The first-order valence-corrected chi connectivity index (χ1v) is 17.9. The molecule has 1 amide bonds. The maximum absolute atomic E-state index is 14.6. The number of nitrogens with one attached hydrogen (secondary N) is 1. The second kappa shape index (κ2) is 11.3. The lowest BCUT2D eigenvalue weighted by Gasteiger charge is -2.66. The average Bonchev–Trinajstić information content (AvgIpc) is 3.81. The number of benzene rings is 1. The third-order valence-electron chi connectivity index (χ3n) is 13.2. The summed E-state index contributed by atoms with van der Waals surface area (Å²) in [6, 6.07) is 6.24. The highest BCUT2D eigenvalue weighted by Crippen LogP contribution is 2.72. The predicted octanol–water partition coefficient (Wildman–Crippen LogP) is 5.32. The summed E-state index contributed by atoms with van der Waals surface area (Å²) in [5, 5.41) is 12.4. The number of halogens is 3. The van der Waals surface area contributed by atoms with Crippen molar-refractivity contribution in [2.24, 2.45) is 23.2 Å². The number of fused-ring (bicyclic) bond motifs is 2. The third kappa shape index (κ3) is 5.12. The highest BCUT2D eigenvalue weighted by molar-refractivity contribution is 5.95. The normalized spacial score (nSPS) is 32.1. The van der Waals surface area contributed by atoms with E-state index in [9.17, 15) is 27.9 Å². The summed E-state index contributed by atoms with van der Waals surface area (Å²) in [5.74, 6) is -1.03. The zero-order chi connectivity index (χ0) is 33.7. The first-order chi connectivity index (χ1) is 23.5. The molecular weight excluding hydrogens is 639 g/mol. The molecule has 1 aromatic carbocycles. The molecular formula is C36H42F3N5O5. The van der Waals surface area contributed by atoms with Crippen molar-refractivity contribution in [3.63, 3.8) is 0 Å². The van der Waals surface area contributed by atoms with E-state index in [-0.39, 0.29) is 34.8 Å². The Morgan fingerprint density at radius 1 is 1.04 bits per heavy atom. The summed E-state index contributed by atoms with van der Waals surface area (Å²) in [6.07, 6.45) is 4.76. The van der Waals surface area contributed by atoms with Crippen molar-refractivity contribution in [1.82, 2.24) is 20.2 Å². The van der Waals surface area contributed by atoms with Crippen molar-refractivity contribution < 1.29 is 37.3 Å². The molecule has 4 heterocycles. The Labute approximate surface area is 282 Å². The van der Waals surface area contributed by atoms with Crippen LogP contribution in [0.1, 0.15) is 85.8 Å². The Morgan fingerprint density at radius 3 is 2.49 bits per heavy atom. The Kier molecular flexibility index (Phi) is 7.26. The second-order valence-electron chi connectivity index (χ2n) is 15.7. The number of hydrogen-bond acceptors (Lipinski definition) is 8. The van der Waals surface area contributed by atoms with E-state index in [1.807, 2.05) is 12.1 Å². The zero-order valence-corrected chi connectivity index (χ0v) is 27.4. The molecule has 0 bridgehead atoms. The summed E-state index contributed by atoms with van der Waals surface area (Å²) in [6.45, 7) is 3.56. The van der Waals surface area contributed by atoms with Crippen LogP contribution in [0.15, 0.2) is 24.4 Å². The number of rotatable bonds is 7. The Balaban J connectivity index is 0.972. The van der Waals surface area contributed by atoms with Gasteiger partial charge in [-0.05, 0) is 105 Å². The molecule has 10 nitrogen and oxygen atoms in total. The third-order valence-corrected chi connectivity index (χ3v) is 13.2. The van der Waals surface area contributed by atoms with Crippen molar-refractivity contribution in [1.29, 1.82) is 0 Å². The fraction of sp³-hybridized carbons (Fsp3) is 0.667. The first-order valence-electron chi connectivity index (χ1n) is 17.9. The van der Waals surface area contributed by atoms with Gasteiger partial charge in [-0.3, -0.25) is 9.59 Å². The minimum absolute atomic E-state index is 0.101. The molecule has 4 saturated carbocycles. The summed E-state index contributed by atoms with van der Waals surface area (Å²) >= 11 is 0. The highest BCUT2D eigenvalue weighted by Gasteiger charge is 2.70. The molecule has 49 heavy (non-hydrogen) atoms. The highest BCUT2D eigenvalue weighted by atomic mass is 19.4. The number of carboxylic acid groups (broad SMARTS) is 1. The number of aliphatic carboxylic acids is 1. The molecule has 1 aromatic heterocycles. The zero-order valence-electron chi connectivity index (χ0n) is 27.4. The van der Waals surface area contributed by atoms with Crippen LogP contribution >= 0.6 is 0 Å². The summed E-state index contributed by atoms with van der Waals surface area (Å²) < 4.78 is 56.0. The molecule has 3 aliphatic heterocycles. The Hall–Kier alpha value is -3.45. The van der Waals surface area contributed by atoms with Gasteiger partial charge in [-0.25, -0.2) is 9.97 Å². The van der Waals surface area contributed by atoms with Crippen LogP contribution in [0, 0.1) is 23.2 Å². The van der Waals surface area contributed by atoms with Crippen molar-refractivity contribution in [3.8, 4) is 5.75 Å². The lowest BCUT2D eigenvalue weighted by molar-refractivity contribution is -0.152. The second-order valence-corrected chi connectivity index (χ2v) is 15.7. The fourth-order valence-electron chi connectivity index (χ4n) is 10.4. The van der Waals surface area contributed by atoms with Crippen molar-refractivity contribution in [2.75, 3.05) is 37.7 Å². The van der Waals surface area contributed by atoms with Gasteiger partial charge >= 0.3 is 12.1 Å². The largest absolute Gasteiger partial charge is 0.490 e. The van der Waals surface area contributed by atoms with Gasteiger partial charge in [0, 0.05) is 62.2 Å². The predicted molar refractivity (Wildman–Crippen MR) is 171 cm³/mol. The smallest absolute Gasteiger partial charge is 0.434 e. The number of carbonyl (C=O) groups excluding carboxylic acids is 1. The maximum atomic E-state index is 14.6. The fourth-order valence-corrected chi connectivity index (χ4v) is 10.4. The number of amides is 1. The number of likely N-dealkylation sites (tertiary alicyclic amines) is 1. The minimum atomic E-state index is -4.89. The van der Waals surface area contributed by atoms with Gasteiger partial charge in [0.15, 0.2) is 5.69 Å². The van der Waals surface area contributed by atoms with E-state index in [0.717, 1.165) is 61.6 Å². The monoisotopic (exact) mass is 681 g/mol. The van der Waals surface area contributed by atoms with Gasteiger partial charge < -0.3 is 29.7 Å². The number of nitrogens with zero attached hydrogens (tertiary/aromatic N) is 4. The first kappa shape index (κ1) is 31.5. The van der Waals surface area contributed by atoms with Crippen molar-refractivity contribution >= 4 is 23.5 Å². The lowest BCUT2D eigenvalue weighted by Crippen LogP contribution is -2.69. The quantitative estimate of drug-likeness (QED) is 0.401. The molecule has 2 aromatic rings. The molecule has 13 heteroatoms. The van der Waals surface area contributed by atoms with E-state index in [0.29, 0.717) is 57.8 Å². The van der Waals surface area contributed by atoms with Crippen molar-refractivity contribution in [3.05, 3.63) is 41.2 Å². The number of hydrogen-bond donors (Lipinski definition) is 2. The molecule has 2 saturated heterocycles. The van der Waals surface area contributed by atoms with Crippen LogP contribution in [0.3, 0.4) is 0 Å². The molecule has 2 N–H and O–H groups in total. The Bertz CT molecular complexity index is 1670.